The number of anilines is 3. The number of thiophene rings is 1. The predicted molar refractivity (Wildman–Crippen MR) is 124 cm³/mol. The van der Waals surface area contributed by atoms with Crippen LogP contribution in [0.15, 0.2) is 66.2 Å². The van der Waals surface area contributed by atoms with Gasteiger partial charge in [0, 0.05) is 23.1 Å². The van der Waals surface area contributed by atoms with Crippen LogP contribution in [0.25, 0.3) is 10.6 Å². The molecule has 4 aromatic rings. The molecule has 0 atom stereocenters. The maximum Gasteiger partial charge on any atom is 0.417 e. The minimum absolute atomic E-state index is 0.0150. The van der Waals surface area contributed by atoms with Crippen LogP contribution in [0.1, 0.15) is 21.5 Å². The fourth-order valence-electron chi connectivity index (χ4n) is 3.02. The maximum absolute atomic E-state index is 13.1. The highest BCUT2D eigenvalue weighted by Crippen LogP contribution is 2.36. The topological polar surface area (TPSA) is 66.9 Å². The molecule has 5 nitrogen and oxygen atoms in total. The van der Waals surface area contributed by atoms with E-state index in [2.05, 4.69) is 20.6 Å². The number of carbonyl (C=O) groups is 1. The summed E-state index contributed by atoms with van der Waals surface area (Å²) in [5, 5.41) is 7.10. The Bertz CT molecular complexity index is 1310. The molecule has 0 aliphatic rings. The Balaban J connectivity index is 1.55. The second-order valence-electron chi connectivity index (χ2n) is 7.04. The van der Waals surface area contributed by atoms with Gasteiger partial charge >= 0.3 is 6.18 Å². The lowest BCUT2D eigenvalue weighted by atomic mass is 10.1. The second kappa shape index (κ2) is 9.21. The highest BCUT2D eigenvalue weighted by Gasteiger charge is 2.33. The van der Waals surface area contributed by atoms with Crippen molar-refractivity contribution in [3.63, 3.8) is 0 Å². The molecule has 0 bridgehead atoms. The number of halogens is 4. The molecule has 0 spiro atoms. The molecule has 2 aromatic carbocycles. The van der Waals surface area contributed by atoms with Gasteiger partial charge in [-0.3, -0.25) is 4.79 Å². The van der Waals surface area contributed by atoms with Crippen LogP contribution in [0.4, 0.5) is 30.5 Å². The van der Waals surface area contributed by atoms with Crippen LogP contribution < -0.4 is 10.6 Å². The number of carbonyl (C=O) groups excluding carboxylic acids is 1. The zero-order valence-corrected chi connectivity index (χ0v) is 18.6. The highest BCUT2D eigenvalue weighted by atomic mass is 35.5. The van der Waals surface area contributed by atoms with Gasteiger partial charge < -0.3 is 10.6 Å². The van der Waals surface area contributed by atoms with Gasteiger partial charge in [-0.2, -0.15) is 13.2 Å². The highest BCUT2D eigenvalue weighted by molar-refractivity contribution is 7.13. The van der Waals surface area contributed by atoms with Crippen molar-refractivity contribution in [2.24, 2.45) is 0 Å². The summed E-state index contributed by atoms with van der Waals surface area (Å²) in [6, 6.07) is 13.8. The molecule has 0 saturated heterocycles. The molecule has 2 aromatic heterocycles. The van der Waals surface area contributed by atoms with Gasteiger partial charge in [-0.05, 0) is 60.3 Å². The standard InChI is InChI=1S/C23H16ClF3N4OS/c1-13-4-5-14(21(32)29-15-6-7-17(24)16(12-15)23(25,26)27)11-19(13)31-22-28-9-8-18(30-22)20-3-2-10-33-20/h2-12H,1H3,(H,29,32)(H,28,30,31). The van der Waals surface area contributed by atoms with E-state index in [9.17, 15) is 18.0 Å². The lowest BCUT2D eigenvalue weighted by Crippen LogP contribution is -2.14. The van der Waals surface area contributed by atoms with E-state index in [0.29, 0.717) is 11.6 Å². The number of nitrogens with one attached hydrogen (secondary N) is 2. The van der Waals surface area contributed by atoms with Crippen molar-refractivity contribution >= 4 is 46.2 Å². The predicted octanol–water partition coefficient (Wildman–Crippen LogP) is 7.18. The van der Waals surface area contributed by atoms with Crippen molar-refractivity contribution in [3.8, 4) is 10.6 Å². The largest absolute Gasteiger partial charge is 0.417 e. The van der Waals surface area contributed by atoms with Crippen LogP contribution in [0.2, 0.25) is 5.02 Å². The molecule has 2 heterocycles. The van der Waals surface area contributed by atoms with Crippen molar-refractivity contribution in [1.29, 1.82) is 0 Å². The number of benzene rings is 2. The molecule has 4 rings (SSSR count). The number of rotatable bonds is 5. The Morgan fingerprint density at radius 2 is 1.91 bits per heavy atom. The van der Waals surface area contributed by atoms with E-state index in [-0.39, 0.29) is 11.3 Å². The normalized spacial score (nSPS) is 11.3. The van der Waals surface area contributed by atoms with E-state index in [0.717, 1.165) is 28.3 Å². The molecule has 0 aliphatic heterocycles. The van der Waals surface area contributed by atoms with E-state index in [1.807, 2.05) is 24.4 Å². The first kappa shape index (κ1) is 22.8. The van der Waals surface area contributed by atoms with Crippen LogP contribution in [-0.4, -0.2) is 15.9 Å². The molecule has 10 heteroatoms. The SMILES string of the molecule is Cc1ccc(C(=O)Nc2ccc(Cl)c(C(F)(F)F)c2)cc1Nc1nccc(-c2cccs2)n1. The van der Waals surface area contributed by atoms with Crippen molar-refractivity contribution in [3.05, 3.63) is 87.9 Å². The van der Waals surface area contributed by atoms with Gasteiger partial charge in [-0.25, -0.2) is 9.97 Å². The van der Waals surface area contributed by atoms with E-state index < -0.39 is 22.7 Å². The molecule has 0 aliphatic carbocycles. The summed E-state index contributed by atoms with van der Waals surface area (Å²) in [7, 11) is 0. The van der Waals surface area contributed by atoms with Gasteiger partial charge in [-0.15, -0.1) is 11.3 Å². The lowest BCUT2D eigenvalue weighted by molar-refractivity contribution is -0.137. The van der Waals surface area contributed by atoms with Crippen LogP contribution >= 0.6 is 22.9 Å². The average Bonchev–Trinajstić information content (AvgIpc) is 3.31. The molecule has 168 valence electrons. The molecular weight excluding hydrogens is 473 g/mol. The third kappa shape index (κ3) is 5.32. The fourth-order valence-corrected chi connectivity index (χ4v) is 3.94. The van der Waals surface area contributed by atoms with Gasteiger partial charge in [0.05, 0.1) is 21.2 Å². The quantitative estimate of drug-likeness (QED) is 0.312. The molecule has 33 heavy (non-hydrogen) atoms. The molecule has 0 radical (unpaired) electrons. The Morgan fingerprint density at radius 1 is 1.09 bits per heavy atom. The molecule has 0 fully saturated rings. The molecule has 1 amide bonds. The number of amides is 1. The molecule has 0 saturated carbocycles. The third-order valence-electron chi connectivity index (χ3n) is 4.71. The second-order valence-corrected chi connectivity index (χ2v) is 8.40. The van der Waals surface area contributed by atoms with Crippen LogP contribution in [0.5, 0.6) is 0 Å². The van der Waals surface area contributed by atoms with Gasteiger partial charge in [0.2, 0.25) is 5.95 Å². The van der Waals surface area contributed by atoms with Gasteiger partial charge in [-0.1, -0.05) is 23.7 Å². The minimum atomic E-state index is -4.63. The van der Waals surface area contributed by atoms with Gasteiger partial charge in [0.1, 0.15) is 0 Å². The molecule has 2 N–H and O–H groups in total. The van der Waals surface area contributed by atoms with Crippen LogP contribution in [-0.2, 0) is 6.18 Å². The molecule has 0 unspecified atom stereocenters. The summed E-state index contributed by atoms with van der Waals surface area (Å²) < 4.78 is 39.3. The van der Waals surface area contributed by atoms with Crippen molar-refractivity contribution < 1.29 is 18.0 Å². The Morgan fingerprint density at radius 3 is 2.64 bits per heavy atom. The summed E-state index contributed by atoms with van der Waals surface area (Å²) in [6.07, 6.45) is -2.99. The Kier molecular flexibility index (Phi) is 6.35. The summed E-state index contributed by atoms with van der Waals surface area (Å²) in [6.45, 7) is 1.85. The average molecular weight is 489 g/mol. The van der Waals surface area contributed by atoms with E-state index >= 15 is 0 Å². The minimum Gasteiger partial charge on any atom is -0.324 e. The number of hydrogen-bond acceptors (Lipinski definition) is 5. The monoisotopic (exact) mass is 488 g/mol. The van der Waals surface area contributed by atoms with E-state index in [1.54, 1.807) is 41.8 Å². The Labute approximate surface area is 196 Å². The fraction of sp³-hybridized carbons (Fsp3) is 0.0870. The third-order valence-corrected chi connectivity index (χ3v) is 5.93. The van der Waals surface area contributed by atoms with Crippen LogP contribution in [0.3, 0.4) is 0 Å². The Hall–Kier alpha value is -3.43. The van der Waals surface area contributed by atoms with Gasteiger partial charge in [0.25, 0.3) is 5.91 Å². The zero-order valence-electron chi connectivity index (χ0n) is 17.1. The van der Waals surface area contributed by atoms with Crippen LogP contribution in [0, 0.1) is 6.92 Å². The van der Waals surface area contributed by atoms with E-state index in [1.165, 1.54) is 6.07 Å². The number of nitrogens with zero attached hydrogens (tertiary/aromatic N) is 2. The lowest BCUT2D eigenvalue weighted by Gasteiger charge is -2.13. The first-order chi connectivity index (χ1) is 15.7. The van der Waals surface area contributed by atoms with Gasteiger partial charge in [0.15, 0.2) is 0 Å². The first-order valence-electron chi connectivity index (χ1n) is 9.63. The zero-order chi connectivity index (χ0) is 23.6. The number of hydrogen-bond donors (Lipinski definition) is 2. The van der Waals surface area contributed by atoms with Crippen molar-refractivity contribution in [1.82, 2.24) is 9.97 Å². The maximum atomic E-state index is 13.1. The van der Waals surface area contributed by atoms with E-state index in [4.69, 9.17) is 11.6 Å². The summed E-state index contributed by atoms with van der Waals surface area (Å²) in [5.74, 6) is -0.212. The first-order valence-corrected chi connectivity index (χ1v) is 10.9. The summed E-state index contributed by atoms with van der Waals surface area (Å²) in [4.78, 5) is 22.4. The number of alkyl halides is 3. The van der Waals surface area contributed by atoms with Crippen molar-refractivity contribution in [2.45, 2.75) is 13.1 Å². The number of aromatic nitrogens is 2. The summed E-state index contributed by atoms with van der Waals surface area (Å²) >= 11 is 7.20. The number of aryl methyl sites for hydroxylation is 1. The smallest absolute Gasteiger partial charge is 0.324 e. The molecular formula is C23H16ClF3N4OS. The summed E-state index contributed by atoms with van der Waals surface area (Å²) in [5.41, 5.74) is 1.41. The van der Waals surface area contributed by atoms with Crippen molar-refractivity contribution in [2.75, 3.05) is 10.6 Å².